The molecular weight excluding hydrogens is 400 g/mol. The molecule has 0 amide bonds. The number of hydrogen-bond acceptors (Lipinski definition) is 2. The number of nitrogens with zero attached hydrogens (tertiary/aromatic N) is 2. The van der Waals surface area contributed by atoms with Crippen molar-refractivity contribution in [2.24, 2.45) is 15.8 Å². The predicted octanol–water partition coefficient (Wildman–Crippen LogP) is 4.60. The van der Waals surface area contributed by atoms with Gasteiger partial charge in [-0.3, -0.25) is 4.99 Å². The highest BCUT2D eigenvalue weighted by Crippen LogP contribution is 2.19. The Morgan fingerprint density at radius 3 is 2.30 bits per heavy atom. The first kappa shape index (κ1) is 18.9. The smallest absolute Gasteiger partial charge is 0.209 e. The van der Waals surface area contributed by atoms with Crippen LogP contribution >= 0.6 is 15.9 Å². The Kier molecular flexibility index (Phi) is 6.77. The van der Waals surface area contributed by atoms with Gasteiger partial charge in [-0.2, -0.15) is 5.10 Å². The van der Waals surface area contributed by atoms with E-state index in [1.807, 2.05) is 42.5 Å². The molecule has 0 aliphatic carbocycles. The zero-order valence-corrected chi connectivity index (χ0v) is 16.4. The molecule has 0 aliphatic heterocycles. The Bertz CT molecular complexity index is 919. The number of halogens is 1. The van der Waals surface area contributed by atoms with Crippen molar-refractivity contribution in [3.63, 3.8) is 0 Å². The molecule has 0 radical (unpaired) electrons. The molecule has 0 unspecified atom stereocenters. The van der Waals surface area contributed by atoms with Crippen LogP contribution in [0.2, 0.25) is 0 Å². The van der Waals surface area contributed by atoms with Gasteiger partial charge in [0, 0.05) is 16.6 Å². The first-order chi connectivity index (χ1) is 13.2. The van der Waals surface area contributed by atoms with E-state index in [1.54, 1.807) is 6.21 Å². The van der Waals surface area contributed by atoms with Crippen LogP contribution in [0.15, 0.2) is 93.4 Å². The molecule has 4 nitrogen and oxygen atoms in total. The molecule has 0 heterocycles. The van der Waals surface area contributed by atoms with Crippen LogP contribution in [0.1, 0.15) is 11.1 Å². The van der Waals surface area contributed by atoms with E-state index in [4.69, 9.17) is 5.73 Å². The molecule has 0 bridgehead atoms. The summed E-state index contributed by atoms with van der Waals surface area (Å²) in [7, 11) is 0. The number of nitrogens with two attached hydrogens (primary N) is 1. The van der Waals surface area contributed by atoms with Crippen LogP contribution in [0.3, 0.4) is 0 Å². The quantitative estimate of drug-likeness (QED) is 0.347. The molecule has 0 aliphatic rings. The van der Waals surface area contributed by atoms with E-state index < -0.39 is 0 Å². The standard InChI is InChI=1S/C22H21BrN4/c23-21-9-5-4-8-20(21)16-26-27-22(24)25-15-14-17-10-12-19(13-11-17)18-6-2-1-3-7-18/h1-13,16H,14-15H2,(H3,24,25,27)/b26-16+. The average molecular weight is 421 g/mol. The Labute approximate surface area is 168 Å². The van der Waals surface area contributed by atoms with Crippen molar-refractivity contribution in [3.05, 3.63) is 94.5 Å². The van der Waals surface area contributed by atoms with Crippen LogP contribution in [0.5, 0.6) is 0 Å². The monoisotopic (exact) mass is 420 g/mol. The fourth-order valence-electron chi connectivity index (χ4n) is 2.58. The third kappa shape index (κ3) is 5.79. The van der Waals surface area contributed by atoms with Crippen LogP contribution < -0.4 is 11.2 Å². The summed E-state index contributed by atoms with van der Waals surface area (Å²) in [6.07, 6.45) is 2.53. The van der Waals surface area contributed by atoms with Crippen LogP contribution in [-0.2, 0) is 6.42 Å². The summed E-state index contributed by atoms with van der Waals surface area (Å²) in [5, 5.41) is 4.11. The third-order valence-corrected chi connectivity index (χ3v) is 4.75. The number of benzene rings is 3. The fraction of sp³-hybridized carbons (Fsp3) is 0.0909. The molecule has 3 aromatic carbocycles. The number of rotatable bonds is 6. The highest BCUT2D eigenvalue weighted by Gasteiger charge is 1.98. The van der Waals surface area contributed by atoms with Crippen molar-refractivity contribution in [1.82, 2.24) is 5.43 Å². The van der Waals surface area contributed by atoms with Gasteiger partial charge in [0.25, 0.3) is 0 Å². The fourth-order valence-corrected chi connectivity index (χ4v) is 2.97. The lowest BCUT2D eigenvalue weighted by molar-refractivity contribution is 0.926. The van der Waals surface area contributed by atoms with Gasteiger partial charge in [-0.25, -0.2) is 5.43 Å². The first-order valence-electron chi connectivity index (χ1n) is 8.70. The summed E-state index contributed by atoms with van der Waals surface area (Å²) >= 11 is 3.47. The lowest BCUT2D eigenvalue weighted by Crippen LogP contribution is -2.27. The summed E-state index contributed by atoms with van der Waals surface area (Å²) < 4.78 is 0.977. The van der Waals surface area contributed by atoms with E-state index in [1.165, 1.54) is 16.7 Å². The topological polar surface area (TPSA) is 62.8 Å². The van der Waals surface area contributed by atoms with Crippen LogP contribution in [-0.4, -0.2) is 18.7 Å². The number of nitrogens with one attached hydrogen (secondary N) is 1. The number of aliphatic imine (C=N–C) groups is 1. The van der Waals surface area contributed by atoms with Gasteiger partial charge in [0.15, 0.2) is 0 Å². The molecule has 3 rings (SSSR count). The van der Waals surface area contributed by atoms with Crippen molar-refractivity contribution >= 4 is 28.1 Å². The van der Waals surface area contributed by atoms with Crippen molar-refractivity contribution in [3.8, 4) is 11.1 Å². The number of guanidine groups is 1. The maximum Gasteiger partial charge on any atom is 0.209 e. The van der Waals surface area contributed by atoms with E-state index in [2.05, 4.69) is 67.8 Å². The van der Waals surface area contributed by atoms with E-state index in [0.717, 1.165) is 16.5 Å². The molecular formula is C22H21BrN4. The third-order valence-electron chi connectivity index (χ3n) is 4.03. The van der Waals surface area contributed by atoms with Gasteiger partial charge in [-0.1, -0.05) is 88.7 Å². The average Bonchev–Trinajstić information content (AvgIpc) is 2.71. The maximum absolute atomic E-state index is 5.85. The Morgan fingerprint density at radius 2 is 1.56 bits per heavy atom. The lowest BCUT2D eigenvalue weighted by Gasteiger charge is -2.04. The second-order valence-corrected chi connectivity index (χ2v) is 6.83. The van der Waals surface area contributed by atoms with Gasteiger partial charge < -0.3 is 5.73 Å². The minimum atomic E-state index is 0.305. The molecule has 0 saturated heterocycles. The van der Waals surface area contributed by atoms with Crippen molar-refractivity contribution in [2.75, 3.05) is 6.54 Å². The largest absolute Gasteiger partial charge is 0.369 e. The summed E-state index contributed by atoms with van der Waals surface area (Å²) in [6.45, 7) is 0.605. The summed E-state index contributed by atoms with van der Waals surface area (Å²) in [6, 6.07) is 26.7. The zero-order valence-electron chi connectivity index (χ0n) is 14.8. The summed E-state index contributed by atoms with van der Waals surface area (Å²) in [5.74, 6) is 0.305. The van der Waals surface area contributed by atoms with E-state index in [-0.39, 0.29) is 0 Å². The van der Waals surface area contributed by atoms with Crippen LogP contribution in [0, 0.1) is 0 Å². The lowest BCUT2D eigenvalue weighted by atomic mass is 10.0. The van der Waals surface area contributed by atoms with Gasteiger partial charge in [0.05, 0.1) is 6.21 Å². The van der Waals surface area contributed by atoms with Gasteiger partial charge >= 0.3 is 0 Å². The Balaban J connectivity index is 1.49. The first-order valence-corrected chi connectivity index (χ1v) is 9.49. The van der Waals surface area contributed by atoms with Gasteiger partial charge in [-0.15, -0.1) is 0 Å². The molecule has 136 valence electrons. The van der Waals surface area contributed by atoms with Crippen molar-refractivity contribution < 1.29 is 0 Å². The van der Waals surface area contributed by atoms with Crippen molar-refractivity contribution in [1.29, 1.82) is 0 Å². The molecule has 0 aromatic heterocycles. The van der Waals surface area contributed by atoms with Gasteiger partial charge in [0.1, 0.15) is 0 Å². The van der Waals surface area contributed by atoms with E-state index in [0.29, 0.717) is 12.5 Å². The molecule has 27 heavy (non-hydrogen) atoms. The van der Waals surface area contributed by atoms with Gasteiger partial charge in [0.2, 0.25) is 5.96 Å². The Hall–Kier alpha value is -2.92. The van der Waals surface area contributed by atoms with E-state index in [9.17, 15) is 0 Å². The summed E-state index contributed by atoms with van der Waals surface area (Å²) in [4.78, 5) is 4.31. The van der Waals surface area contributed by atoms with Crippen LogP contribution in [0.25, 0.3) is 11.1 Å². The number of hydrazone groups is 1. The predicted molar refractivity (Wildman–Crippen MR) is 117 cm³/mol. The summed E-state index contributed by atoms with van der Waals surface area (Å²) in [5.41, 5.74) is 13.2. The zero-order chi connectivity index (χ0) is 18.9. The van der Waals surface area contributed by atoms with Crippen LogP contribution in [0.4, 0.5) is 0 Å². The maximum atomic E-state index is 5.85. The molecule has 0 spiro atoms. The molecule has 0 fully saturated rings. The second-order valence-electron chi connectivity index (χ2n) is 5.97. The molecule has 3 aromatic rings. The molecule has 5 heteroatoms. The number of hydrogen-bond donors (Lipinski definition) is 2. The minimum absolute atomic E-state index is 0.305. The Morgan fingerprint density at radius 1 is 0.889 bits per heavy atom. The van der Waals surface area contributed by atoms with E-state index >= 15 is 0 Å². The molecule has 0 atom stereocenters. The van der Waals surface area contributed by atoms with Crippen molar-refractivity contribution in [2.45, 2.75) is 6.42 Å². The molecule has 3 N–H and O–H groups in total. The minimum Gasteiger partial charge on any atom is -0.369 e. The normalized spacial score (nSPS) is 11.7. The molecule has 0 saturated carbocycles. The second kappa shape index (κ2) is 9.69. The van der Waals surface area contributed by atoms with Gasteiger partial charge in [-0.05, 0) is 29.2 Å². The SMILES string of the molecule is NC(=NCCc1ccc(-c2ccccc2)cc1)N/N=C/c1ccccc1Br. The highest BCUT2D eigenvalue weighted by atomic mass is 79.9. The highest BCUT2D eigenvalue weighted by molar-refractivity contribution is 9.10.